The molecule has 1 amide bonds. The van der Waals surface area contributed by atoms with Crippen LogP contribution in [0.25, 0.3) is 21.9 Å². The van der Waals surface area contributed by atoms with Crippen LogP contribution in [0.3, 0.4) is 0 Å². The van der Waals surface area contributed by atoms with E-state index in [0.29, 0.717) is 5.92 Å². The van der Waals surface area contributed by atoms with Crippen molar-refractivity contribution in [2.45, 2.75) is 52.6 Å². The molecule has 1 heterocycles. The second kappa shape index (κ2) is 9.46. The summed E-state index contributed by atoms with van der Waals surface area (Å²) in [6, 6.07) is 19.5. The normalized spacial score (nSPS) is 15.0. The molecule has 0 unspecified atom stereocenters. The van der Waals surface area contributed by atoms with E-state index in [1.54, 1.807) is 7.11 Å². The van der Waals surface area contributed by atoms with Gasteiger partial charge < -0.3 is 14.4 Å². The zero-order valence-corrected chi connectivity index (χ0v) is 20.5. The summed E-state index contributed by atoms with van der Waals surface area (Å²) in [6.07, 6.45) is 2.80. The Morgan fingerprint density at radius 3 is 2.36 bits per heavy atom. The van der Waals surface area contributed by atoms with Gasteiger partial charge in [-0.1, -0.05) is 42.5 Å². The molecule has 0 bridgehead atoms. The van der Waals surface area contributed by atoms with Crippen molar-refractivity contribution >= 4 is 16.9 Å². The minimum absolute atomic E-state index is 0.195. The van der Waals surface area contributed by atoms with Gasteiger partial charge in [-0.15, -0.1) is 0 Å². The summed E-state index contributed by atoms with van der Waals surface area (Å²) >= 11 is 0. The Bertz CT molecular complexity index is 1140. The van der Waals surface area contributed by atoms with Crippen LogP contribution in [0.4, 0.5) is 4.79 Å². The number of fused-ring (bicyclic) bond motifs is 1. The second-order valence-electron chi connectivity index (χ2n) is 10.1. The summed E-state index contributed by atoms with van der Waals surface area (Å²) in [5.74, 6) is 1.45. The van der Waals surface area contributed by atoms with Crippen LogP contribution in [0.2, 0.25) is 0 Å². The maximum atomic E-state index is 12.4. The smallest absolute Gasteiger partial charge is 0.410 e. The van der Waals surface area contributed by atoms with Gasteiger partial charge in [-0.05, 0) is 92.5 Å². The topological polar surface area (TPSA) is 38.8 Å². The van der Waals surface area contributed by atoms with Crippen molar-refractivity contribution in [2.75, 3.05) is 20.2 Å². The van der Waals surface area contributed by atoms with Gasteiger partial charge in [0.2, 0.25) is 0 Å². The van der Waals surface area contributed by atoms with Crippen LogP contribution < -0.4 is 4.74 Å². The van der Waals surface area contributed by atoms with Gasteiger partial charge in [0.05, 0.1) is 7.11 Å². The van der Waals surface area contributed by atoms with Crippen LogP contribution in [0.5, 0.6) is 5.75 Å². The summed E-state index contributed by atoms with van der Waals surface area (Å²) in [6.45, 7) is 9.41. The van der Waals surface area contributed by atoms with Gasteiger partial charge in [-0.2, -0.15) is 0 Å². The summed E-state index contributed by atoms with van der Waals surface area (Å²) in [5.41, 5.74) is 4.48. The Kier molecular flexibility index (Phi) is 6.64. The van der Waals surface area contributed by atoms with Gasteiger partial charge in [0, 0.05) is 18.7 Å². The fraction of sp³-hybridized carbons (Fsp3) is 0.414. The van der Waals surface area contributed by atoms with Crippen LogP contribution in [0.15, 0.2) is 54.6 Å². The Hall–Kier alpha value is -3.01. The van der Waals surface area contributed by atoms with Gasteiger partial charge in [0.25, 0.3) is 0 Å². The number of aryl methyl sites for hydroxylation is 1. The molecule has 1 aliphatic heterocycles. The van der Waals surface area contributed by atoms with E-state index in [-0.39, 0.29) is 6.09 Å². The number of carbonyl (C=O) groups excluding carboxylic acids is 1. The molecule has 33 heavy (non-hydrogen) atoms. The van der Waals surface area contributed by atoms with Crippen LogP contribution in [0.1, 0.15) is 44.7 Å². The minimum atomic E-state index is -0.451. The molecule has 4 rings (SSSR count). The first kappa shape index (κ1) is 23.2. The Labute approximate surface area is 197 Å². The number of carbonyl (C=O) groups is 1. The van der Waals surface area contributed by atoms with Crippen molar-refractivity contribution in [2.24, 2.45) is 5.92 Å². The standard InChI is InChI=1S/C29H35NO3/c1-20-8-6-10-24-23(20)9-7-11-25(24)26-19-22(12-13-27(26)32-5)18-21-14-16-30(17-15-21)28(31)33-29(2,3)4/h6-13,19,21H,14-18H2,1-5H3. The maximum absolute atomic E-state index is 12.4. The molecule has 0 aromatic heterocycles. The lowest BCUT2D eigenvalue weighted by atomic mass is 9.88. The van der Waals surface area contributed by atoms with Crippen molar-refractivity contribution in [3.8, 4) is 16.9 Å². The summed E-state index contributed by atoms with van der Waals surface area (Å²) in [7, 11) is 1.74. The number of piperidine rings is 1. The number of nitrogens with zero attached hydrogens (tertiary/aromatic N) is 1. The van der Waals surface area contributed by atoms with E-state index in [1.807, 2.05) is 25.7 Å². The SMILES string of the molecule is COc1ccc(CC2CCN(C(=O)OC(C)(C)C)CC2)cc1-c1cccc2c(C)cccc12. The van der Waals surface area contributed by atoms with Gasteiger partial charge in [0.1, 0.15) is 11.4 Å². The van der Waals surface area contributed by atoms with E-state index in [0.717, 1.165) is 43.7 Å². The second-order valence-corrected chi connectivity index (χ2v) is 10.1. The fourth-order valence-electron chi connectivity index (χ4n) is 4.77. The molecule has 0 saturated carbocycles. The summed E-state index contributed by atoms with van der Waals surface area (Å²) in [5, 5.41) is 2.52. The van der Waals surface area contributed by atoms with E-state index in [2.05, 4.69) is 61.5 Å². The third kappa shape index (κ3) is 5.32. The third-order valence-corrected chi connectivity index (χ3v) is 6.48. The molecule has 0 radical (unpaired) electrons. The molecule has 0 aliphatic carbocycles. The zero-order chi connectivity index (χ0) is 23.6. The first-order valence-corrected chi connectivity index (χ1v) is 11.9. The molecule has 4 nitrogen and oxygen atoms in total. The van der Waals surface area contributed by atoms with E-state index in [4.69, 9.17) is 9.47 Å². The number of amides is 1. The number of rotatable bonds is 4. The number of hydrogen-bond donors (Lipinski definition) is 0. The van der Waals surface area contributed by atoms with Crippen LogP contribution in [-0.4, -0.2) is 36.8 Å². The minimum Gasteiger partial charge on any atom is -0.496 e. The largest absolute Gasteiger partial charge is 0.496 e. The molecule has 0 N–H and O–H groups in total. The molecule has 4 heteroatoms. The van der Waals surface area contributed by atoms with Gasteiger partial charge in [-0.25, -0.2) is 4.79 Å². The van der Waals surface area contributed by atoms with Gasteiger partial charge >= 0.3 is 6.09 Å². The van der Waals surface area contributed by atoms with E-state index >= 15 is 0 Å². The highest BCUT2D eigenvalue weighted by Gasteiger charge is 2.27. The highest BCUT2D eigenvalue weighted by Crippen LogP contribution is 2.37. The average molecular weight is 446 g/mol. The van der Waals surface area contributed by atoms with Crippen molar-refractivity contribution in [1.82, 2.24) is 4.90 Å². The van der Waals surface area contributed by atoms with E-state index in [9.17, 15) is 4.79 Å². The van der Waals surface area contributed by atoms with E-state index < -0.39 is 5.60 Å². The van der Waals surface area contributed by atoms with Gasteiger partial charge in [0.15, 0.2) is 0 Å². The Morgan fingerprint density at radius 1 is 0.970 bits per heavy atom. The summed E-state index contributed by atoms with van der Waals surface area (Å²) in [4.78, 5) is 14.2. The quantitative estimate of drug-likeness (QED) is 0.433. The number of benzene rings is 3. The van der Waals surface area contributed by atoms with Gasteiger partial charge in [-0.3, -0.25) is 0 Å². The van der Waals surface area contributed by atoms with Crippen molar-refractivity contribution in [3.63, 3.8) is 0 Å². The molecule has 0 spiro atoms. The lowest BCUT2D eigenvalue weighted by Gasteiger charge is -2.33. The average Bonchev–Trinajstić information content (AvgIpc) is 2.78. The molecule has 174 valence electrons. The van der Waals surface area contributed by atoms with Crippen molar-refractivity contribution in [1.29, 1.82) is 0 Å². The zero-order valence-electron chi connectivity index (χ0n) is 20.5. The van der Waals surface area contributed by atoms with Crippen LogP contribution >= 0.6 is 0 Å². The lowest BCUT2D eigenvalue weighted by Crippen LogP contribution is -2.42. The first-order chi connectivity index (χ1) is 15.7. The molecular weight excluding hydrogens is 410 g/mol. The number of ether oxygens (including phenoxy) is 2. The van der Waals surface area contributed by atoms with Crippen molar-refractivity contribution < 1.29 is 14.3 Å². The summed E-state index contributed by atoms with van der Waals surface area (Å²) < 4.78 is 11.3. The Balaban J connectivity index is 1.52. The monoisotopic (exact) mass is 445 g/mol. The predicted octanol–water partition coefficient (Wildman–Crippen LogP) is 7.01. The third-order valence-electron chi connectivity index (χ3n) is 6.48. The first-order valence-electron chi connectivity index (χ1n) is 11.9. The van der Waals surface area contributed by atoms with Crippen LogP contribution in [-0.2, 0) is 11.2 Å². The molecule has 3 aromatic rings. The highest BCUT2D eigenvalue weighted by molar-refractivity contribution is 5.99. The predicted molar refractivity (Wildman–Crippen MR) is 135 cm³/mol. The molecular formula is C29H35NO3. The molecule has 3 aromatic carbocycles. The molecule has 1 aliphatic rings. The number of hydrogen-bond acceptors (Lipinski definition) is 3. The lowest BCUT2D eigenvalue weighted by molar-refractivity contribution is 0.0184. The van der Waals surface area contributed by atoms with Crippen LogP contribution in [0, 0.1) is 12.8 Å². The molecule has 1 fully saturated rings. The molecule has 0 atom stereocenters. The molecule has 1 saturated heterocycles. The maximum Gasteiger partial charge on any atom is 0.410 e. The highest BCUT2D eigenvalue weighted by atomic mass is 16.6. The number of methoxy groups -OCH3 is 1. The fourth-order valence-corrected chi connectivity index (χ4v) is 4.77. The van der Waals surface area contributed by atoms with Crippen molar-refractivity contribution in [3.05, 3.63) is 65.7 Å². The Morgan fingerprint density at radius 2 is 1.67 bits per heavy atom. The van der Waals surface area contributed by atoms with E-state index in [1.165, 1.54) is 27.5 Å². The number of likely N-dealkylation sites (tertiary alicyclic amines) is 1.